The minimum Gasteiger partial charge on any atom is -0.497 e. The molecule has 2 aromatic rings. The number of rotatable bonds is 10. The molecule has 1 unspecified atom stereocenters. The van der Waals surface area contributed by atoms with Gasteiger partial charge in [-0.05, 0) is 48.9 Å². The molecule has 13 heteroatoms. The van der Waals surface area contributed by atoms with Crippen molar-refractivity contribution in [1.82, 2.24) is 0 Å². The van der Waals surface area contributed by atoms with E-state index in [1.165, 1.54) is 25.5 Å². The van der Waals surface area contributed by atoms with Gasteiger partial charge >= 0.3 is 17.9 Å². The molecule has 5 atom stereocenters. The van der Waals surface area contributed by atoms with Gasteiger partial charge in [0.25, 0.3) is 10.1 Å². The lowest BCUT2D eigenvalue weighted by atomic mass is 9.96. The zero-order chi connectivity index (χ0) is 29.4. The molecule has 1 heterocycles. The van der Waals surface area contributed by atoms with Crippen molar-refractivity contribution in [3.05, 3.63) is 59.7 Å². The number of carbonyl (C=O) groups excluding carboxylic acids is 3. The third-order valence-corrected chi connectivity index (χ3v) is 7.01. The first-order valence-electron chi connectivity index (χ1n) is 12.2. The molecule has 2 aromatic carbocycles. The molecule has 0 radical (unpaired) electrons. The van der Waals surface area contributed by atoms with Crippen molar-refractivity contribution < 1.29 is 50.7 Å². The van der Waals surface area contributed by atoms with Crippen LogP contribution in [0.3, 0.4) is 0 Å². The molecule has 0 aromatic heterocycles. The lowest BCUT2D eigenvalue weighted by Crippen LogP contribution is -2.61. The van der Waals surface area contributed by atoms with Crippen molar-refractivity contribution in [2.75, 3.05) is 13.7 Å². The lowest BCUT2D eigenvalue weighted by molar-refractivity contribution is -0.264. The summed E-state index contributed by atoms with van der Waals surface area (Å²) in [6.07, 6.45) is -4.03. The summed E-state index contributed by atoms with van der Waals surface area (Å²) in [5.41, 5.74) is 1.47. The van der Waals surface area contributed by atoms with Crippen LogP contribution in [0.15, 0.2) is 58.4 Å². The molecular formula is C27H31NO11S. The second-order valence-corrected chi connectivity index (χ2v) is 10.5. The number of aryl methyl sites for hydroxylation is 1. The Morgan fingerprint density at radius 1 is 0.875 bits per heavy atom. The van der Waals surface area contributed by atoms with Gasteiger partial charge in [0.05, 0.1) is 18.6 Å². The Morgan fingerprint density at radius 3 is 2.00 bits per heavy atom. The molecule has 0 saturated carbocycles. The SMILES string of the molecule is COc1ccc(C=N[C@@H]2[C@@H](OC(C)=O)OC(COS(=O)(=O)c3ccc(C)cc3)[C@H](OC(C)=O)[C@H]2OC(C)=O)cc1. The first-order valence-corrected chi connectivity index (χ1v) is 13.6. The average molecular weight is 578 g/mol. The van der Waals surface area contributed by atoms with Crippen molar-refractivity contribution in [1.29, 1.82) is 0 Å². The standard InChI is InChI=1S/C27H31NO11S/c1-16-6-12-22(13-7-16)40(32,33)35-15-23-25(36-17(2)29)26(37-18(3)30)24(27(39-23)38-19(4)31)28-14-20-8-10-21(34-5)11-9-20/h6-14,23-27H,15H2,1-5H3/t23?,24-,25-,26-,27-/m0/s1. The monoisotopic (exact) mass is 577 g/mol. The molecule has 216 valence electrons. The van der Waals surface area contributed by atoms with Gasteiger partial charge in [-0.2, -0.15) is 8.42 Å². The second-order valence-electron chi connectivity index (χ2n) is 8.89. The van der Waals surface area contributed by atoms with Gasteiger partial charge in [0.1, 0.15) is 11.9 Å². The van der Waals surface area contributed by atoms with Crippen LogP contribution in [0.1, 0.15) is 31.9 Å². The van der Waals surface area contributed by atoms with E-state index in [1.807, 2.05) is 0 Å². The summed E-state index contributed by atoms with van der Waals surface area (Å²) in [5.74, 6) is -1.63. The molecule has 0 N–H and O–H groups in total. The Morgan fingerprint density at radius 2 is 1.45 bits per heavy atom. The third-order valence-electron chi connectivity index (χ3n) is 5.71. The van der Waals surface area contributed by atoms with Gasteiger partial charge in [-0.3, -0.25) is 23.6 Å². The summed E-state index contributed by atoms with van der Waals surface area (Å²) < 4.78 is 58.1. The summed E-state index contributed by atoms with van der Waals surface area (Å²) in [7, 11) is -2.73. The van der Waals surface area contributed by atoms with E-state index in [0.29, 0.717) is 11.3 Å². The highest BCUT2D eigenvalue weighted by atomic mass is 32.2. The molecular weight excluding hydrogens is 546 g/mol. The highest BCUT2D eigenvalue weighted by Gasteiger charge is 2.51. The Kier molecular flexibility index (Phi) is 10.4. The normalized spacial score (nSPS) is 22.9. The predicted octanol–water partition coefficient (Wildman–Crippen LogP) is 2.35. The minimum absolute atomic E-state index is 0.104. The van der Waals surface area contributed by atoms with Crippen LogP contribution >= 0.6 is 0 Å². The van der Waals surface area contributed by atoms with Crippen LogP contribution in [-0.4, -0.2) is 76.9 Å². The Hall–Kier alpha value is -3.81. The number of methoxy groups -OCH3 is 1. The molecule has 0 amide bonds. The number of aliphatic imine (C=N–C) groups is 1. The second kappa shape index (κ2) is 13.5. The van der Waals surface area contributed by atoms with Crippen LogP contribution in [-0.2, 0) is 47.6 Å². The molecule has 0 bridgehead atoms. The van der Waals surface area contributed by atoms with Crippen LogP contribution < -0.4 is 4.74 Å². The van der Waals surface area contributed by atoms with Crippen molar-refractivity contribution in [3.8, 4) is 5.75 Å². The summed E-state index contributed by atoms with van der Waals surface area (Å²) in [6.45, 7) is 4.55. The number of carbonyl (C=O) groups is 3. The van der Waals surface area contributed by atoms with Gasteiger partial charge in [0.2, 0.25) is 6.29 Å². The van der Waals surface area contributed by atoms with E-state index in [4.69, 9.17) is 27.9 Å². The van der Waals surface area contributed by atoms with E-state index in [0.717, 1.165) is 26.3 Å². The summed E-state index contributed by atoms with van der Waals surface area (Å²) in [6, 6.07) is 11.6. The molecule has 1 fully saturated rings. The molecule has 0 spiro atoms. The first-order chi connectivity index (χ1) is 18.9. The molecule has 0 aliphatic carbocycles. The molecule has 1 aliphatic rings. The van der Waals surface area contributed by atoms with Crippen LogP contribution in [0, 0.1) is 6.92 Å². The fourth-order valence-electron chi connectivity index (χ4n) is 3.90. The van der Waals surface area contributed by atoms with E-state index in [1.54, 1.807) is 43.3 Å². The highest BCUT2D eigenvalue weighted by molar-refractivity contribution is 7.86. The van der Waals surface area contributed by atoms with Gasteiger partial charge in [-0.25, -0.2) is 0 Å². The lowest BCUT2D eigenvalue weighted by Gasteiger charge is -2.43. The van der Waals surface area contributed by atoms with Crippen molar-refractivity contribution >= 4 is 34.2 Å². The number of hydrogen-bond donors (Lipinski definition) is 0. The molecule has 1 saturated heterocycles. The largest absolute Gasteiger partial charge is 0.497 e. The van der Waals surface area contributed by atoms with E-state index in [2.05, 4.69) is 4.99 Å². The maximum absolute atomic E-state index is 12.8. The van der Waals surface area contributed by atoms with Gasteiger partial charge in [-0.1, -0.05) is 17.7 Å². The van der Waals surface area contributed by atoms with E-state index in [-0.39, 0.29) is 4.90 Å². The number of ether oxygens (including phenoxy) is 5. The van der Waals surface area contributed by atoms with Gasteiger partial charge in [0, 0.05) is 27.0 Å². The highest BCUT2D eigenvalue weighted by Crippen LogP contribution is 2.30. The third kappa shape index (κ3) is 8.34. The van der Waals surface area contributed by atoms with E-state index < -0.39 is 65.3 Å². The molecule has 12 nitrogen and oxygen atoms in total. The minimum atomic E-state index is -4.25. The van der Waals surface area contributed by atoms with Crippen LogP contribution in [0.5, 0.6) is 5.75 Å². The number of esters is 3. The maximum Gasteiger partial charge on any atom is 0.305 e. The first kappa shape index (κ1) is 30.7. The zero-order valence-corrected chi connectivity index (χ0v) is 23.5. The fraction of sp³-hybridized carbons (Fsp3) is 0.407. The van der Waals surface area contributed by atoms with Crippen LogP contribution in [0.4, 0.5) is 0 Å². The van der Waals surface area contributed by atoms with Gasteiger partial charge in [0.15, 0.2) is 18.2 Å². The summed E-state index contributed by atoms with van der Waals surface area (Å²) >= 11 is 0. The Balaban J connectivity index is 1.96. The molecule has 3 rings (SSSR count). The van der Waals surface area contributed by atoms with Crippen molar-refractivity contribution in [3.63, 3.8) is 0 Å². The Bertz CT molecular complexity index is 1320. The Labute approximate surface area is 232 Å². The average Bonchev–Trinajstić information content (AvgIpc) is 2.88. The topological polar surface area (TPSA) is 153 Å². The van der Waals surface area contributed by atoms with Gasteiger partial charge < -0.3 is 23.7 Å². The molecule has 1 aliphatic heterocycles. The predicted molar refractivity (Wildman–Crippen MR) is 140 cm³/mol. The van der Waals surface area contributed by atoms with E-state index in [9.17, 15) is 22.8 Å². The van der Waals surface area contributed by atoms with Crippen molar-refractivity contribution in [2.24, 2.45) is 4.99 Å². The fourth-order valence-corrected chi connectivity index (χ4v) is 4.81. The van der Waals surface area contributed by atoms with Gasteiger partial charge in [-0.15, -0.1) is 0 Å². The number of hydrogen-bond acceptors (Lipinski definition) is 12. The molecule has 40 heavy (non-hydrogen) atoms. The number of nitrogens with zero attached hydrogens (tertiary/aromatic N) is 1. The van der Waals surface area contributed by atoms with Crippen LogP contribution in [0.2, 0.25) is 0 Å². The smallest absolute Gasteiger partial charge is 0.305 e. The van der Waals surface area contributed by atoms with E-state index >= 15 is 0 Å². The van der Waals surface area contributed by atoms with Crippen LogP contribution in [0.25, 0.3) is 0 Å². The quantitative estimate of drug-likeness (QED) is 0.177. The maximum atomic E-state index is 12.8. The summed E-state index contributed by atoms with van der Waals surface area (Å²) in [4.78, 5) is 40.4. The summed E-state index contributed by atoms with van der Waals surface area (Å²) in [5, 5.41) is 0. The van der Waals surface area contributed by atoms with Crippen molar-refractivity contribution in [2.45, 2.75) is 63.2 Å². The number of benzene rings is 2. The zero-order valence-electron chi connectivity index (χ0n) is 22.6.